The van der Waals surface area contributed by atoms with Crippen LogP contribution >= 0.6 is 0 Å². The molecule has 0 aliphatic carbocycles. The highest BCUT2D eigenvalue weighted by atomic mass is 16.7. The molecule has 0 bridgehead atoms. The average Bonchev–Trinajstić information content (AvgIpc) is 2.73. The Morgan fingerprint density at radius 2 is 2.11 bits per heavy atom. The van der Waals surface area contributed by atoms with Gasteiger partial charge in [0, 0.05) is 11.8 Å². The van der Waals surface area contributed by atoms with Crippen molar-refractivity contribution in [2.24, 2.45) is 11.8 Å². The van der Waals surface area contributed by atoms with Gasteiger partial charge in [0.25, 0.3) is 0 Å². The summed E-state index contributed by atoms with van der Waals surface area (Å²) in [5.41, 5.74) is 1.26. The van der Waals surface area contributed by atoms with Crippen molar-refractivity contribution in [2.45, 2.75) is 26.6 Å². The van der Waals surface area contributed by atoms with E-state index in [-0.39, 0.29) is 23.9 Å². The van der Waals surface area contributed by atoms with E-state index >= 15 is 0 Å². The Morgan fingerprint density at radius 3 is 2.72 bits per heavy atom. The van der Waals surface area contributed by atoms with Gasteiger partial charge in [0.2, 0.25) is 0 Å². The van der Waals surface area contributed by atoms with Crippen molar-refractivity contribution in [3.63, 3.8) is 0 Å². The lowest BCUT2D eigenvalue weighted by Crippen LogP contribution is -2.24. The van der Waals surface area contributed by atoms with E-state index in [1.807, 2.05) is 25.1 Å². The van der Waals surface area contributed by atoms with Gasteiger partial charge in [0.15, 0.2) is 6.29 Å². The molecule has 1 aliphatic heterocycles. The van der Waals surface area contributed by atoms with E-state index in [9.17, 15) is 4.79 Å². The molecular formula is C15H20O3. The van der Waals surface area contributed by atoms with Gasteiger partial charge in [-0.15, -0.1) is 0 Å². The molecule has 1 aromatic carbocycles. The Balaban J connectivity index is 1.76. The van der Waals surface area contributed by atoms with Crippen LogP contribution in [0.3, 0.4) is 0 Å². The van der Waals surface area contributed by atoms with Gasteiger partial charge in [-0.3, -0.25) is 4.79 Å². The fourth-order valence-electron chi connectivity index (χ4n) is 2.32. The number of hydrogen-bond acceptors (Lipinski definition) is 3. The first-order valence-corrected chi connectivity index (χ1v) is 6.46. The van der Waals surface area contributed by atoms with Gasteiger partial charge in [-0.05, 0) is 18.9 Å². The number of carbonyl (C=O) groups excluding carboxylic acids is 1. The Morgan fingerprint density at radius 1 is 1.39 bits per heavy atom. The summed E-state index contributed by atoms with van der Waals surface area (Å²) in [4.78, 5) is 11.4. The second kappa shape index (κ2) is 6.12. The molecule has 1 saturated heterocycles. The molecule has 1 aliphatic rings. The summed E-state index contributed by atoms with van der Waals surface area (Å²) in [5.74, 6) is 0.335. The van der Waals surface area contributed by atoms with Crippen LogP contribution in [-0.4, -0.2) is 25.3 Å². The Labute approximate surface area is 108 Å². The summed E-state index contributed by atoms with van der Waals surface area (Å²) in [6, 6.07) is 10.2. The molecule has 0 spiro atoms. The van der Waals surface area contributed by atoms with Gasteiger partial charge < -0.3 is 9.47 Å². The molecule has 18 heavy (non-hydrogen) atoms. The first-order chi connectivity index (χ1) is 8.68. The largest absolute Gasteiger partial charge is 0.352 e. The van der Waals surface area contributed by atoms with Crippen LogP contribution in [0, 0.1) is 11.8 Å². The minimum atomic E-state index is -0.234. The molecule has 0 radical (unpaired) electrons. The lowest BCUT2D eigenvalue weighted by atomic mass is 9.93. The summed E-state index contributed by atoms with van der Waals surface area (Å²) in [7, 11) is 0. The zero-order valence-corrected chi connectivity index (χ0v) is 11.0. The molecule has 1 fully saturated rings. The van der Waals surface area contributed by atoms with Crippen molar-refractivity contribution in [3.8, 4) is 0 Å². The number of benzene rings is 1. The molecule has 3 heteroatoms. The summed E-state index contributed by atoms with van der Waals surface area (Å²) in [6.45, 7) is 4.76. The predicted octanol–water partition coefficient (Wildman–Crippen LogP) is 2.44. The zero-order valence-electron chi connectivity index (χ0n) is 11.0. The Kier molecular flexibility index (Phi) is 4.50. The van der Waals surface area contributed by atoms with Crippen LogP contribution in [0.1, 0.15) is 19.4 Å². The van der Waals surface area contributed by atoms with Crippen LogP contribution < -0.4 is 0 Å². The highest BCUT2D eigenvalue weighted by Crippen LogP contribution is 2.28. The molecular weight excluding hydrogens is 228 g/mol. The number of ketones is 1. The standard InChI is InChI=1S/C15H20O3/c1-11-14(12(2)16)10-18-15(11)17-9-8-13-6-4-3-5-7-13/h3-7,11,14-15H,8-10H2,1-2H3/t11-,14-,15+/m1/s1. The molecule has 1 heterocycles. The SMILES string of the molecule is CC(=O)[C@@H]1CO[C@H](OCCc2ccccc2)[C@@H]1C. The van der Waals surface area contributed by atoms with Crippen LogP contribution in [0.4, 0.5) is 0 Å². The third-order valence-corrected chi connectivity index (χ3v) is 3.54. The van der Waals surface area contributed by atoms with Crippen molar-refractivity contribution in [1.29, 1.82) is 0 Å². The van der Waals surface area contributed by atoms with Crippen LogP contribution in [0.2, 0.25) is 0 Å². The second-order valence-corrected chi connectivity index (χ2v) is 4.88. The van der Waals surface area contributed by atoms with Crippen molar-refractivity contribution in [3.05, 3.63) is 35.9 Å². The third-order valence-electron chi connectivity index (χ3n) is 3.54. The fourth-order valence-corrected chi connectivity index (χ4v) is 2.32. The van der Waals surface area contributed by atoms with E-state index in [1.54, 1.807) is 6.92 Å². The van der Waals surface area contributed by atoms with Gasteiger partial charge in [0.1, 0.15) is 5.78 Å². The fraction of sp³-hybridized carbons (Fsp3) is 0.533. The molecule has 0 saturated carbocycles. The maximum atomic E-state index is 11.4. The first-order valence-electron chi connectivity index (χ1n) is 6.46. The van der Waals surface area contributed by atoms with E-state index in [0.717, 1.165) is 6.42 Å². The molecule has 2 rings (SSSR count). The molecule has 98 valence electrons. The normalized spacial score (nSPS) is 27.3. The van der Waals surface area contributed by atoms with Gasteiger partial charge in [-0.2, -0.15) is 0 Å². The number of rotatable bonds is 5. The summed E-state index contributed by atoms with van der Waals surface area (Å²) in [6.07, 6.45) is 0.639. The monoisotopic (exact) mass is 248 g/mol. The second-order valence-electron chi connectivity index (χ2n) is 4.88. The molecule has 0 N–H and O–H groups in total. The van der Waals surface area contributed by atoms with E-state index in [1.165, 1.54) is 5.56 Å². The number of hydrogen-bond donors (Lipinski definition) is 0. The molecule has 0 aromatic heterocycles. The average molecular weight is 248 g/mol. The lowest BCUT2D eigenvalue weighted by Gasteiger charge is -2.17. The summed E-state index contributed by atoms with van der Waals surface area (Å²) >= 11 is 0. The van der Waals surface area contributed by atoms with Crippen LogP contribution in [0.5, 0.6) is 0 Å². The molecule has 0 unspecified atom stereocenters. The van der Waals surface area contributed by atoms with Gasteiger partial charge in [-0.25, -0.2) is 0 Å². The molecule has 3 nitrogen and oxygen atoms in total. The van der Waals surface area contributed by atoms with Crippen molar-refractivity contribution >= 4 is 5.78 Å². The topological polar surface area (TPSA) is 35.5 Å². The Hall–Kier alpha value is -1.19. The minimum Gasteiger partial charge on any atom is -0.352 e. The van der Waals surface area contributed by atoms with Crippen LogP contribution in [0.25, 0.3) is 0 Å². The maximum absolute atomic E-state index is 11.4. The summed E-state index contributed by atoms with van der Waals surface area (Å²) < 4.78 is 11.3. The van der Waals surface area contributed by atoms with Crippen LogP contribution in [-0.2, 0) is 20.7 Å². The minimum absolute atomic E-state index is 0.00766. The van der Waals surface area contributed by atoms with E-state index in [4.69, 9.17) is 9.47 Å². The first kappa shape index (κ1) is 13.2. The number of carbonyl (C=O) groups is 1. The predicted molar refractivity (Wildman–Crippen MR) is 69.2 cm³/mol. The summed E-state index contributed by atoms with van der Waals surface area (Å²) in [5, 5.41) is 0. The highest BCUT2D eigenvalue weighted by Gasteiger charge is 2.37. The maximum Gasteiger partial charge on any atom is 0.160 e. The smallest absolute Gasteiger partial charge is 0.160 e. The molecule has 0 amide bonds. The highest BCUT2D eigenvalue weighted by molar-refractivity contribution is 5.79. The van der Waals surface area contributed by atoms with Crippen molar-refractivity contribution < 1.29 is 14.3 Å². The quantitative estimate of drug-likeness (QED) is 0.803. The van der Waals surface area contributed by atoms with Gasteiger partial charge in [-0.1, -0.05) is 37.3 Å². The van der Waals surface area contributed by atoms with Crippen molar-refractivity contribution in [1.82, 2.24) is 0 Å². The van der Waals surface area contributed by atoms with Crippen LogP contribution in [0.15, 0.2) is 30.3 Å². The van der Waals surface area contributed by atoms with Crippen molar-refractivity contribution in [2.75, 3.05) is 13.2 Å². The van der Waals surface area contributed by atoms with E-state index < -0.39 is 0 Å². The molecule has 3 atom stereocenters. The lowest BCUT2D eigenvalue weighted by molar-refractivity contribution is -0.128. The van der Waals surface area contributed by atoms with E-state index in [0.29, 0.717) is 13.2 Å². The van der Waals surface area contributed by atoms with Gasteiger partial charge >= 0.3 is 0 Å². The number of ether oxygens (including phenoxy) is 2. The Bertz CT molecular complexity index is 388. The number of Topliss-reactive ketones (excluding diaryl/α,β-unsaturated/α-hetero) is 1. The zero-order chi connectivity index (χ0) is 13.0. The van der Waals surface area contributed by atoms with Gasteiger partial charge in [0.05, 0.1) is 13.2 Å². The third kappa shape index (κ3) is 3.18. The van der Waals surface area contributed by atoms with E-state index in [2.05, 4.69) is 12.1 Å². The molecule has 1 aromatic rings.